The van der Waals surface area contributed by atoms with E-state index in [9.17, 15) is 4.79 Å². The number of aliphatic hydroxyl groups excluding tert-OH is 1. The largest absolute Gasteiger partial charge is 0.394 e. The minimum Gasteiger partial charge on any atom is -0.394 e. The Bertz CT molecular complexity index is 212. The van der Waals surface area contributed by atoms with Gasteiger partial charge in [-0.2, -0.15) is 0 Å². The Kier molecular flexibility index (Phi) is 2.26. The Morgan fingerprint density at radius 2 is 2.15 bits per heavy atom. The van der Waals surface area contributed by atoms with Crippen LogP contribution in [0.25, 0.3) is 0 Å². The molecule has 4 nitrogen and oxygen atoms in total. The SMILES string of the molecule is O=C1CC2(CCCC2)NN1CCO. The zero-order chi connectivity index (χ0) is 9.31. The van der Waals surface area contributed by atoms with E-state index >= 15 is 0 Å². The zero-order valence-corrected chi connectivity index (χ0v) is 7.75. The smallest absolute Gasteiger partial charge is 0.238 e. The van der Waals surface area contributed by atoms with Gasteiger partial charge in [-0.1, -0.05) is 12.8 Å². The highest BCUT2D eigenvalue weighted by molar-refractivity contribution is 5.79. The fourth-order valence-electron chi connectivity index (χ4n) is 2.39. The summed E-state index contributed by atoms with van der Waals surface area (Å²) in [6.45, 7) is 0.454. The Morgan fingerprint density at radius 3 is 2.77 bits per heavy atom. The standard InChI is InChI=1S/C9H16N2O2/c12-6-5-11-8(13)7-9(10-11)3-1-2-4-9/h10,12H,1-7H2. The molecule has 0 unspecified atom stereocenters. The summed E-state index contributed by atoms with van der Waals surface area (Å²) in [5.41, 5.74) is 3.29. The van der Waals surface area contributed by atoms with Crippen molar-refractivity contribution in [1.29, 1.82) is 0 Å². The molecule has 1 saturated heterocycles. The molecule has 0 aromatic rings. The van der Waals surface area contributed by atoms with Crippen LogP contribution >= 0.6 is 0 Å². The first-order chi connectivity index (χ1) is 6.26. The van der Waals surface area contributed by atoms with Gasteiger partial charge < -0.3 is 5.11 Å². The van der Waals surface area contributed by atoms with E-state index in [1.807, 2.05) is 0 Å². The molecule has 2 fully saturated rings. The predicted octanol–water partition coefficient (Wildman–Crippen LogP) is 0.0284. The molecule has 1 amide bonds. The van der Waals surface area contributed by atoms with Gasteiger partial charge in [0.1, 0.15) is 0 Å². The summed E-state index contributed by atoms with van der Waals surface area (Å²) in [7, 11) is 0. The number of hydrogen-bond donors (Lipinski definition) is 2. The van der Waals surface area contributed by atoms with E-state index in [1.54, 1.807) is 5.01 Å². The summed E-state index contributed by atoms with van der Waals surface area (Å²) in [4.78, 5) is 11.5. The van der Waals surface area contributed by atoms with Crippen LogP contribution in [0, 0.1) is 0 Å². The van der Waals surface area contributed by atoms with Crippen LogP contribution in [0.5, 0.6) is 0 Å². The summed E-state index contributed by atoms with van der Waals surface area (Å²) in [5.74, 6) is 0.135. The first-order valence-corrected chi connectivity index (χ1v) is 4.95. The van der Waals surface area contributed by atoms with Crippen molar-refractivity contribution in [3.8, 4) is 0 Å². The van der Waals surface area contributed by atoms with Gasteiger partial charge in [0.05, 0.1) is 13.2 Å². The molecule has 0 bridgehead atoms. The fourth-order valence-corrected chi connectivity index (χ4v) is 2.39. The van der Waals surface area contributed by atoms with Crippen LogP contribution in [0.3, 0.4) is 0 Å². The van der Waals surface area contributed by atoms with E-state index in [0.717, 1.165) is 12.8 Å². The molecule has 0 radical (unpaired) electrons. The third kappa shape index (κ3) is 1.56. The normalized spacial score (nSPS) is 26.2. The molecule has 0 atom stereocenters. The number of carbonyl (C=O) groups excluding carboxylic acids is 1. The van der Waals surface area contributed by atoms with E-state index in [2.05, 4.69) is 5.43 Å². The van der Waals surface area contributed by atoms with Crippen molar-refractivity contribution in [2.24, 2.45) is 0 Å². The maximum Gasteiger partial charge on any atom is 0.238 e. The second-order valence-corrected chi connectivity index (χ2v) is 4.05. The highest BCUT2D eigenvalue weighted by Gasteiger charge is 2.44. The zero-order valence-electron chi connectivity index (χ0n) is 7.75. The number of aliphatic hydroxyl groups is 1. The van der Waals surface area contributed by atoms with Crippen molar-refractivity contribution >= 4 is 5.91 Å². The van der Waals surface area contributed by atoms with Crippen molar-refractivity contribution < 1.29 is 9.90 Å². The highest BCUT2D eigenvalue weighted by atomic mass is 16.3. The van der Waals surface area contributed by atoms with E-state index in [4.69, 9.17) is 5.11 Å². The maximum atomic E-state index is 11.5. The Balaban J connectivity index is 2.01. The lowest BCUT2D eigenvalue weighted by molar-refractivity contribution is -0.130. The summed E-state index contributed by atoms with van der Waals surface area (Å²) >= 11 is 0. The lowest BCUT2D eigenvalue weighted by atomic mass is 9.96. The molecule has 2 N–H and O–H groups in total. The number of rotatable bonds is 2. The van der Waals surface area contributed by atoms with Crippen molar-refractivity contribution in [3.63, 3.8) is 0 Å². The van der Waals surface area contributed by atoms with Gasteiger partial charge in [-0.05, 0) is 12.8 Å². The number of amides is 1. The molecular weight excluding hydrogens is 168 g/mol. The number of hydrogen-bond acceptors (Lipinski definition) is 3. The van der Waals surface area contributed by atoms with Crippen LogP contribution in [-0.2, 0) is 4.79 Å². The van der Waals surface area contributed by atoms with Crippen LogP contribution in [0.2, 0.25) is 0 Å². The minimum absolute atomic E-state index is 0.0365. The average molecular weight is 184 g/mol. The van der Waals surface area contributed by atoms with E-state index in [1.165, 1.54) is 12.8 Å². The van der Waals surface area contributed by atoms with Gasteiger partial charge in [0.25, 0.3) is 0 Å². The van der Waals surface area contributed by atoms with Crippen LogP contribution in [-0.4, -0.2) is 34.7 Å². The molecular formula is C9H16N2O2. The van der Waals surface area contributed by atoms with Gasteiger partial charge in [-0.15, -0.1) is 0 Å². The van der Waals surface area contributed by atoms with Crippen LogP contribution in [0.15, 0.2) is 0 Å². The average Bonchev–Trinajstić information content (AvgIpc) is 2.63. The Labute approximate surface area is 77.9 Å². The number of nitrogens with one attached hydrogen (secondary N) is 1. The Hall–Kier alpha value is -0.610. The van der Waals surface area contributed by atoms with Crippen molar-refractivity contribution in [1.82, 2.24) is 10.4 Å². The van der Waals surface area contributed by atoms with Crippen molar-refractivity contribution in [3.05, 3.63) is 0 Å². The number of β-amino-alcohol motifs (C(OH)–C–C–N with tert-alkyl or cyclic N) is 1. The monoisotopic (exact) mass is 184 g/mol. The summed E-state index contributed by atoms with van der Waals surface area (Å²) in [6, 6.07) is 0. The van der Waals surface area contributed by atoms with E-state index in [0.29, 0.717) is 13.0 Å². The third-order valence-corrected chi connectivity index (χ3v) is 3.05. The molecule has 0 aromatic heterocycles. The Morgan fingerprint density at radius 1 is 1.46 bits per heavy atom. The topological polar surface area (TPSA) is 52.6 Å². The van der Waals surface area contributed by atoms with Gasteiger partial charge in [0, 0.05) is 12.0 Å². The quantitative estimate of drug-likeness (QED) is 0.636. The van der Waals surface area contributed by atoms with Crippen molar-refractivity contribution in [2.75, 3.05) is 13.2 Å². The molecule has 1 aliphatic carbocycles. The summed E-state index contributed by atoms with van der Waals surface area (Å²) in [5, 5.41) is 10.3. The van der Waals surface area contributed by atoms with Gasteiger partial charge in [-0.3, -0.25) is 9.80 Å². The summed E-state index contributed by atoms with van der Waals surface area (Å²) < 4.78 is 0. The lowest BCUT2D eigenvalue weighted by Gasteiger charge is -2.24. The van der Waals surface area contributed by atoms with E-state index in [-0.39, 0.29) is 18.1 Å². The lowest BCUT2D eigenvalue weighted by Crippen LogP contribution is -2.45. The second-order valence-electron chi connectivity index (χ2n) is 4.05. The molecule has 4 heteroatoms. The van der Waals surface area contributed by atoms with Gasteiger partial charge in [0.15, 0.2) is 0 Å². The van der Waals surface area contributed by atoms with Gasteiger partial charge in [-0.25, -0.2) is 5.43 Å². The number of hydrazine groups is 1. The summed E-state index contributed by atoms with van der Waals surface area (Å²) in [6.07, 6.45) is 5.24. The molecule has 1 spiro atoms. The number of carbonyl (C=O) groups is 1. The van der Waals surface area contributed by atoms with Crippen LogP contribution in [0.1, 0.15) is 32.1 Å². The maximum absolute atomic E-state index is 11.5. The van der Waals surface area contributed by atoms with Crippen LogP contribution < -0.4 is 5.43 Å². The molecule has 74 valence electrons. The second kappa shape index (κ2) is 3.27. The predicted molar refractivity (Wildman–Crippen MR) is 47.8 cm³/mol. The molecule has 0 aromatic carbocycles. The first kappa shape index (κ1) is 8.97. The molecule has 2 aliphatic rings. The highest BCUT2D eigenvalue weighted by Crippen LogP contribution is 2.36. The van der Waals surface area contributed by atoms with Crippen LogP contribution in [0.4, 0.5) is 0 Å². The molecule has 1 aliphatic heterocycles. The number of nitrogens with zero attached hydrogens (tertiary/aromatic N) is 1. The van der Waals surface area contributed by atoms with Gasteiger partial charge in [0.2, 0.25) is 5.91 Å². The van der Waals surface area contributed by atoms with E-state index < -0.39 is 0 Å². The molecule has 1 saturated carbocycles. The fraction of sp³-hybridized carbons (Fsp3) is 0.889. The molecule has 2 rings (SSSR count). The third-order valence-electron chi connectivity index (χ3n) is 3.05. The molecule has 13 heavy (non-hydrogen) atoms. The first-order valence-electron chi connectivity index (χ1n) is 4.95. The van der Waals surface area contributed by atoms with Gasteiger partial charge >= 0.3 is 0 Å². The van der Waals surface area contributed by atoms with Crippen molar-refractivity contribution in [2.45, 2.75) is 37.6 Å². The minimum atomic E-state index is 0.0365. The molecule has 1 heterocycles.